The molecule has 1 aromatic rings. The zero-order chi connectivity index (χ0) is 14.1. The first kappa shape index (κ1) is 16.0. The van der Waals surface area contributed by atoms with E-state index in [1.54, 1.807) is 0 Å². The maximum absolute atomic E-state index is 5.88. The lowest BCUT2D eigenvalue weighted by atomic mass is 9.81. The molecule has 0 radical (unpaired) electrons. The average molecular weight is 263 g/mol. The summed E-state index contributed by atoms with van der Waals surface area (Å²) in [4.78, 5) is 0. The first-order valence-electron chi connectivity index (χ1n) is 7.55. The Morgan fingerprint density at radius 1 is 1.05 bits per heavy atom. The Balaban J connectivity index is 2.69. The molecule has 0 aromatic heterocycles. The van der Waals surface area contributed by atoms with Gasteiger partial charge in [-0.1, -0.05) is 45.9 Å². The van der Waals surface area contributed by atoms with E-state index >= 15 is 0 Å². The van der Waals surface area contributed by atoms with Crippen molar-refractivity contribution >= 4 is 0 Å². The lowest BCUT2D eigenvalue weighted by Crippen LogP contribution is -2.26. The monoisotopic (exact) mass is 263 g/mol. The van der Waals surface area contributed by atoms with Crippen LogP contribution in [0.25, 0.3) is 0 Å². The molecular weight excluding hydrogens is 234 g/mol. The van der Waals surface area contributed by atoms with Crippen molar-refractivity contribution < 1.29 is 4.74 Å². The first-order chi connectivity index (χ1) is 9.11. The fourth-order valence-electron chi connectivity index (χ4n) is 2.20. The van der Waals surface area contributed by atoms with Gasteiger partial charge in [-0.05, 0) is 49.4 Å². The first-order valence-corrected chi connectivity index (χ1v) is 7.55. The molecule has 19 heavy (non-hydrogen) atoms. The molecule has 1 N–H and O–H groups in total. The smallest absolute Gasteiger partial charge is 0.123 e. The second-order valence-electron chi connectivity index (χ2n) is 5.73. The van der Waals surface area contributed by atoms with E-state index in [1.165, 1.54) is 12.0 Å². The maximum atomic E-state index is 5.88. The molecule has 0 aliphatic heterocycles. The van der Waals surface area contributed by atoms with E-state index in [1.807, 2.05) is 0 Å². The van der Waals surface area contributed by atoms with Crippen LogP contribution in [0.1, 0.15) is 52.5 Å². The summed E-state index contributed by atoms with van der Waals surface area (Å²) in [6.45, 7) is 11.9. The maximum Gasteiger partial charge on any atom is 0.123 e. The highest BCUT2D eigenvalue weighted by Crippen LogP contribution is 2.33. The highest BCUT2D eigenvalue weighted by atomic mass is 16.5. The lowest BCUT2D eigenvalue weighted by molar-refractivity contribution is 0.304. The molecule has 0 saturated carbocycles. The summed E-state index contributed by atoms with van der Waals surface area (Å²) in [6, 6.07) is 8.45. The van der Waals surface area contributed by atoms with Crippen molar-refractivity contribution in [3.8, 4) is 5.75 Å². The molecule has 1 aromatic carbocycles. The summed E-state index contributed by atoms with van der Waals surface area (Å²) in [5.41, 5.74) is 1.46. The Bertz CT molecular complexity index is 360. The van der Waals surface area contributed by atoms with Crippen LogP contribution >= 0.6 is 0 Å². The molecule has 0 bridgehead atoms. The molecule has 0 aliphatic carbocycles. The van der Waals surface area contributed by atoms with Gasteiger partial charge in [-0.15, -0.1) is 0 Å². The van der Waals surface area contributed by atoms with Crippen LogP contribution in [0.3, 0.4) is 0 Å². The Hall–Kier alpha value is -1.02. The van der Waals surface area contributed by atoms with Crippen LogP contribution in [-0.2, 0) is 5.41 Å². The number of rotatable bonds is 9. The average Bonchev–Trinajstić information content (AvgIpc) is 2.41. The van der Waals surface area contributed by atoms with Crippen LogP contribution in [0.15, 0.2) is 24.3 Å². The van der Waals surface area contributed by atoms with Crippen LogP contribution in [0.5, 0.6) is 5.75 Å². The Morgan fingerprint density at radius 3 is 2.47 bits per heavy atom. The van der Waals surface area contributed by atoms with E-state index in [0.717, 1.165) is 38.3 Å². The number of benzene rings is 1. The van der Waals surface area contributed by atoms with Gasteiger partial charge in [0.15, 0.2) is 0 Å². The standard InChI is InChI=1S/C17H29NO/c1-5-12-18-13-11-17(3,4)15-9-7-8-10-16(15)19-14-6-2/h7-10,18H,5-6,11-14H2,1-4H3. The summed E-state index contributed by atoms with van der Waals surface area (Å²) < 4.78 is 5.88. The minimum absolute atomic E-state index is 0.144. The lowest BCUT2D eigenvalue weighted by Gasteiger charge is -2.27. The predicted molar refractivity (Wildman–Crippen MR) is 83.0 cm³/mol. The van der Waals surface area contributed by atoms with Gasteiger partial charge in [0.05, 0.1) is 6.61 Å². The summed E-state index contributed by atoms with van der Waals surface area (Å²) in [5, 5.41) is 3.48. The number of ether oxygens (including phenoxy) is 1. The van der Waals surface area contributed by atoms with E-state index in [4.69, 9.17) is 4.74 Å². The molecular formula is C17H29NO. The number of hydrogen-bond acceptors (Lipinski definition) is 2. The summed E-state index contributed by atoms with van der Waals surface area (Å²) in [5.74, 6) is 1.05. The molecule has 2 heteroatoms. The third kappa shape index (κ3) is 5.23. The van der Waals surface area contributed by atoms with E-state index < -0.39 is 0 Å². The number of para-hydroxylation sites is 1. The van der Waals surface area contributed by atoms with Gasteiger partial charge in [-0.2, -0.15) is 0 Å². The molecule has 0 amide bonds. The van der Waals surface area contributed by atoms with Crippen molar-refractivity contribution in [2.24, 2.45) is 0 Å². The van der Waals surface area contributed by atoms with Crippen molar-refractivity contribution in [2.75, 3.05) is 19.7 Å². The second kappa shape index (κ2) is 8.21. The van der Waals surface area contributed by atoms with Gasteiger partial charge < -0.3 is 10.1 Å². The van der Waals surface area contributed by atoms with Gasteiger partial charge in [0.25, 0.3) is 0 Å². The number of hydrogen-bond donors (Lipinski definition) is 1. The van der Waals surface area contributed by atoms with Crippen molar-refractivity contribution in [1.82, 2.24) is 5.32 Å². The Kier molecular flexibility index (Phi) is 6.93. The van der Waals surface area contributed by atoms with E-state index in [-0.39, 0.29) is 5.41 Å². The second-order valence-corrected chi connectivity index (χ2v) is 5.73. The van der Waals surface area contributed by atoms with Gasteiger partial charge in [0, 0.05) is 0 Å². The van der Waals surface area contributed by atoms with Crippen molar-refractivity contribution in [1.29, 1.82) is 0 Å². The highest BCUT2D eigenvalue weighted by Gasteiger charge is 2.23. The molecule has 0 heterocycles. The normalized spacial score (nSPS) is 11.6. The zero-order valence-corrected chi connectivity index (χ0v) is 13.0. The minimum atomic E-state index is 0.144. The van der Waals surface area contributed by atoms with E-state index in [0.29, 0.717) is 0 Å². The molecule has 0 spiro atoms. The van der Waals surface area contributed by atoms with E-state index in [2.05, 4.69) is 57.3 Å². The van der Waals surface area contributed by atoms with Gasteiger partial charge >= 0.3 is 0 Å². The topological polar surface area (TPSA) is 21.3 Å². The van der Waals surface area contributed by atoms with Crippen LogP contribution in [0.2, 0.25) is 0 Å². The Morgan fingerprint density at radius 2 is 1.79 bits per heavy atom. The molecule has 0 unspecified atom stereocenters. The van der Waals surface area contributed by atoms with E-state index in [9.17, 15) is 0 Å². The van der Waals surface area contributed by atoms with Crippen LogP contribution in [-0.4, -0.2) is 19.7 Å². The molecule has 0 atom stereocenters. The minimum Gasteiger partial charge on any atom is -0.493 e. The van der Waals surface area contributed by atoms with Crippen molar-refractivity contribution in [3.05, 3.63) is 29.8 Å². The molecule has 0 fully saturated rings. The van der Waals surface area contributed by atoms with Crippen LogP contribution in [0.4, 0.5) is 0 Å². The summed E-state index contributed by atoms with van der Waals surface area (Å²) >= 11 is 0. The number of nitrogens with one attached hydrogen (secondary N) is 1. The molecule has 108 valence electrons. The third-order valence-electron chi connectivity index (χ3n) is 3.43. The van der Waals surface area contributed by atoms with Gasteiger partial charge in [-0.25, -0.2) is 0 Å². The Labute approximate surface area is 118 Å². The fourth-order valence-corrected chi connectivity index (χ4v) is 2.20. The van der Waals surface area contributed by atoms with Crippen molar-refractivity contribution in [3.63, 3.8) is 0 Å². The predicted octanol–water partition coefficient (Wildman–Crippen LogP) is 4.14. The molecule has 0 saturated heterocycles. The van der Waals surface area contributed by atoms with Crippen molar-refractivity contribution in [2.45, 2.75) is 52.4 Å². The van der Waals surface area contributed by atoms with Gasteiger partial charge in [0.2, 0.25) is 0 Å². The quantitative estimate of drug-likeness (QED) is 0.676. The van der Waals surface area contributed by atoms with Crippen LogP contribution in [0, 0.1) is 0 Å². The SMILES string of the molecule is CCCNCCC(C)(C)c1ccccc1OCCC. The third-order valence-corrected chi connectivity index (χ3v) is 3.43. The van der Waals surface area contributed by atoms with Gasteiger partial charge in [0.1, 0.15) is 5.75 Å². The largest absolute Gasteiger partial charge is 0.493 e. The molecule has 1 rings (SSSR count). The fraction of sp³-hybridized carbons (Fsp3) is 0.647. The van der Waals surface area contributed by atoms with Crippen LogP contribution < -0.4 is 10.1 Å². The molecule has 0 aliphatic rings. The summed E-state index contributed by atoms with van der Waals surface area (Å²) in [7, 11) is 0. The zero-order valence-electron chi connectivity index (χ0n) is 13.0. The van der Waals surface area contributed by atoms with Gasteiger partial charge in [-0.3, -0.25) is 0 Å². The molecule has 2 nitrogen and oxygen atoms in total. The summed E-state index contributed by atoms with van der Waals surface area (Å²) in [6.07, 6.45) is 3.36. The highest BCUT2D eigenvalue weighted by molar-refractivity contribution is 5.38.